The lowest BCUT2D eigenvalue weighted by Gasteiger charge is -2.31. The maximum absolute atomic E-state index is 12.2. The van der Waals surface area contributed by atoms with Gasteiger partial charge in [-0.25, -0.2) is 4.98 Å². The predicted octanol–water partition coefficient (Wildman–Crippen LogP) is 0.297. The molecule has 0 spiro atoms. The zero-order valence-corrected chi connectivity index (χ0v) is 11.0. The number of ether oxygens (including phenoxy) is 2. The van der Waals surface area contributed by atoms with Crippen molar-refractivity contribution in [1.82, 2.24) is 9.97 Å². The van der Waals surface area contributed by atoms with Crippen LogP contribution in [-0.2, 0) is 9.53 Å². The Morgan fingerprint density at radius 1 is 1.53 bits per heavy atom. The molecule has 1 aliphatic heterocycles. The van der Waals surface area contributed by atoms with Gasteiger partial charge in [-0.2, -0.15) is 4.98 Å². The fourth-order valence-corrected chi connectivity index (χ4v) is 2.05. The monoisotopic (exact) mass is 265 g/mol. The first-order chi connectivity index (χ1) is 9.12. The molecule has 2 heterocycles. The number of Topliss-reactive ketones (excluding diaryl/α,β-unsaturated/α-hetero) is 1. The van der Waals surface area contributed by atoms with Gasteiger partial charge in [-0.1, -0.05) is 0 Å². The number of esters is 1. The normalized spacial score (nSPS) is 17.9. The van der Waals surface area contributed by atoms with Crippen LogP contribution in [0.5, 0.6) is 6.01 Å². The Balaban J connectivity index is 2.45. The van der Waals surface area contributed by atoms with Gasteiger partial charge >= 0.3 is 12.0 Å². The fourth-order valence-electron chi connectivity index (χ4n) is 2.05. The highest BCUT2D eigenvalue weighted by molar-refractivity contribution is 6.12. The molecule has 0 aliphatic carbocycles. The van der Waals surface area contributed by atoms with Gasteiger partial charge in [0, 0.05) is 19.3 Å². The Kier molecular flexibility index (Phi) is 3.64. The molecule has 0 radical (unpaired) electrons. The molecule has 2 rings (SSSR count). The van der Waals surface area contributed by atoms with Gasteiger partial charge in [0.15, 0.2) is 5.78 Å². The van der Waals surface area contributed by atoms with Crippen LogP contribution in [0.1, 0.15) is 17.3 Å². The summed E-state index contributed by atoms with van der Waals surface area (Å²) in [5.41, 5.74) is 0.323. The Morgan fingerprint density at radius 2 is 2.26 bits per heavy atom. The van der Waals surface area contributed by atoms with Crippen molar-refractivity contribution in [3.8, 4) is 6.01 Å². The van der Waals surface area contributed by atoms with Crippen LogP contribution in [0.3, 0.4) is 0 Å². The minimum atomic E-state index is -0.825. The highest BCUT2D eigenvalue weighted by Crippen LogP contribution is 2.29. The SMILES string of the molecule is CCN1CC(C(=O)OC)C(=O)c2cnc(OC)nc21. The number of ketones is 1. The second-order valence-corrected chi connectivity index (χ2v) is 4.07. The van der Waals surface area contributed by atoms with E-state index in [0.29, 0.717) is 17.9 Å². The largest absolute Gasteiger partial charge is 0.468 e. The molecular weight excluding hydrogens is 250 g/mol. The number of aromatic nitrogens is 2. The summed E-state index contributed by atoms with van der Waals surface area (Å²) < 4.78 is 9.61. The summed E-state index contributed by atoms with van der Waals surface area (Å²) in [5, 5.41) is 0. The van der Waals surface area contributed by atoms with Gasteiger partial charge in [0.25, 0.3) is 0 Å². The van der Waals surface area contributed by atoms with Crippen LogP contribution < -0.4 is 9.64 Å². The Morgan fingerprint density at radius 3 is 2.84 bits per heavy atom. The van der Waals surface area contributed by atoms with Crippen LogP contribution in [0.2, 0.25) is 0 Å². The number of rotatable bonds is 3. The molecule has 7 nitrogen and oxygen atoms in total. The van der Waals surface area contributed by atoms with Crippen LogP contribution in [0.15, 0.2) is 6.20 Å². The van der Waals surface area contributed by atoms with Crippen LogP contribution in [0, 0.1) is 5.92 Å². The molecule has 19 heavy (non-hydrogen) atoms. The van der Waals surface area contributed by atoms with Gasteiger partial charge in [-0.15, -0.1) is 0 Å². The first-order valence-electron chi connectivity index (χ1n) is 5.90. The van der Waals surface area contributed by atoms with E-state index in [9.17, 15) is 9.59 Å². The number of carbonyl (C=O) groups is 2. The molecule has 0 saturated carbocycles. The smallest absolute Gasteiger partial charge is 0.318 e. The first kappa shape index (κ1) is 13.3. The molecule has 0 N–H and O–H groups in total. The average Bonchev–Trinajstić information content (AvgIpc) is 2.46. The van der Waals surface area contributed by atoms with Gasteiger partial charge in [0.05, 0.1) is 19.8 Å². The zero-order valence-electron chi connectivity index (χ0n) is 11.0. The summed E-state index contributed by atoms with van der Waals surface area (Å²) in [4.78, 5) is 33.8. The van der Waals surface area contributed by atoms with E-state index in [2.05, 4.69) is 14.7 Å². The second kappa shape index (κ2) is 5.21. The van der Waals surface area contributed by atoms with E-state index in [1.165, 1.54) is 20.4 Å². The molecule has 1 unspecified atom stereocenters. The van der Waals surface area contributed by atoms with Crippen molar-refractivity contribution in [3.05, 3.63) is 11.8 Å². The van der Waals surface area contributed by atoms with E-state index in [1.807, 2.05) is 11.8 Å². The number of hydrogen-bond donors (Lipinski definition) is 0. The third-order valence-electron chi connectivity index (χ3n) is 3.08. The van der Waals surface area contributed by atoms with Gasteiger partial charge < -0.3 is 14.4 Å². The van der Waals surface area contributed by atoms with Gasteiger partial charge in [0.1, 0.15) is 11.7 Å². The number of methoxy groups -OCH3 is 2. The fraction of sp³-hybridized carbons (Fsp3) is 0.500. The van der Waals surface area contributed by atoms with E-state index in [-0.39, 0.29) is 18.3 Å². The Bertz CT molecular complexity index is 518. The third kappa shape index (κ3) is 2.23. The van der Waals surface area contributed by atoms with Gasteiger partial charge in [-0.05, 0) is 6.92 Å². The van der Waals surface area contributed by atoms with Gasteiger partial charge in [0.2, 0.25) is 0 Å². The number of carbonyl (C=O) groups excluding carboxylic acids is 2. The minimum absolute atomic E-state index is 0.196. The van der Waals surface area contributed by atoms with Crippen LogP contribution in [-0.4, -0.2) is 49.0 Å². The molecule has 0 bridgehead atoms. The summed E-state index contributed by atoms with van der Waals surface area (Å²) in [5.74, 6) is -1.17. The standard InChI is InChI=1S/C12H15N3O4/c1-4-15-6-8(11(17)18-2)9(16)7-5-13-12(19-3)14-10(7)15/h5,8H,4,6H2,1-3H3. The van der Waals surface area contributed by atoms with Crippen molar-refractivity contribution in [2.75, 3.05) is 32.2 Å². The van der Waals surface area contributed by atoms with Gasteiger partial charge in [-0.3, -0.25) is 9.59 Å². The van der Waals surface area contributed by atoms with Crippen molar-refractivity contribution in [2.45, 2.75) is 6.92 Å². The third-order valence-corrected chi connectivity index (χ3v) is 3.08. The maximum Gasteiger partial charge on any atom is 0.318 e. The maximum atomic E-state index is 12.2. The van der Waals surface area contributed by atoms with Crippen LogP contribution in [0.25, 0.3) is 0 Å². The number of anilines is 1. The van der Waals surface area contributed by atoms with Crippen LogP contribution >= 0.6 is 0 Å². The van der Waals surface area contributed by atoms with Crippen molar-refractivity contribution in [1.29, 1.82) is 0 Å². The zero-order chi connectivity index (χ0) is 14.0. The molecule has 1 atom stereocenters. The van der Waals surface area contributed by atoms with E-state index < -0.39 is 11.9 Å². The molecular formula is C12H15N3O4. The van der Waals surface area contributed by atoms with Crippen molar-refractivity contribution < 1.29 is 19.1 Å². The van der Waals surface area contributed by atoms with Crippen molar-refractivity contribution in [2.24, 2.45) is 5.92 Å². The summed E-state index contributed by atoms with van der Waals surface area (Å²) in [6, 6.07) is 0.196. The van der Waals surface area contributed by atoms with E-state index in [1.54, 1.807) is 0 Å². The second-order valence-electron chi connectivity index (χ2n) is 4.07. The van der Waals surface area contributed by atoms with E-state index >= 15 is 0 Å². The van der Waals surface area contributed by atoms with Crippen molar-refractivity contribution in [3.63, 3.8) is 0 Å². The number of nitrogens with zero attached hydrogens (tertiary/aromatic N) is 3. The predicted molar refractivity (Wildman–Crippen MR) is 66.3 cm³/mol. The molecule has 1 aromatic rings. The average molecular weight is 265 g/mol. The minimum Gasteiger partial charge on any atom is -0.468 e. The number of fused-ring (bicyclic) bond motifs is 1. The van der Waals surface area contributed by atoms with E-state index in [4.69, 9.17) is 4.74 Å². The highest BCUT2D eigenvalue weighted by Gasteiger charge is 2.38. The molecule has 7 heteroatoms. The lowest BCUT2D eigenvalue weighted by Crippen LogP contribution is -2.43. The molecule has 0 amide bonds. The summed E-state index contributed by atoms with van der Waals surface area (Å²) in [6.07, 6.45) is 1.39. The first-order valence-corrected chi connectivity index (χ1v) is 5.90. The topological polar surface area (TPSA) is 81.6 Å². The van der Waals surface area contributed by atoms with Crippen molar-refractivity contribution >= 4 is 17.6 Å². The highest BCUT2D eigenvalue weighted by atomic mass is 16.5. The summed E-state index contributed by atoms with van der Waals surface area (Å²) in [6.45, 7) is 2.80. The molecule has 0 fully saturated rings. The number of hydrogen-bond acceptors (Lipinski definition) is 7. The lowest BCUT2D eigenvalue weighted by atomic mass is 9.94. The quantitative estimate of drug-likeness (QED) is 0.574. The molecule has 102 valence electrons. The summed E-state index contributed by atoms with van der Waals surface area (Å²) >= 11 is 0. The van der Waals surface area contributed by atoms with Crippen LogP contribution in [0.4, 0.5) is 5.82 Å². The molecule has 1 aliphatic rings. The Hall–Kier alpha value is -2.18. The molecule has 0 saturated heterocycles. The van der Waals surface area contributed by atoms with E-state index in [0.717, 1.165) is 0 Å². The lowest BCUT2D eigenvalue weighted by molar-refractivity contribution is -0.143. The Labute approximate surface area is 110 Å². The summed E-state index contributed by atoms with van der Waals surface area (Å²) in [7, 11) is 2.73. The molecule has 0 aromatic carbocycles. The molecule has 1 aromatic heterocycles.